The molecule has 0 saturated carbocycles. The van der Waals surface area contributed by atoms with Gasteiger partial charge in [0.1, 0.15) is 6.61 Å². The van der Waals surface area contributed by atoms with Gasteiger partial charge in [0.15, 0.2) is 6.10 Å². The van der Waals surface area contributed by atoms with Crippen LogP contribution in [0.4, 0.5) is 0 Å². The summed E-state index contributed by atoms with van der Waals surface area (Å²) in [6, 6.07) is 0. The second kappa shape index (κ2) is 38.3. The third kappa shape index (κ3) is 40.2. The third-order valence-electron chi connectivity index (χ3n) is 10.4. The predicted molar refractivity (Wildman–Crippen MR) is 216 cm³/mol. The minimum Gasteiger partial charge on any atom is -0.462 e. The Morgan fingerprint density at radius 1 is 0.500 bits per heavy atom. The van der Waals surface area contributed by atoms with Gasteiger partial charge in [-0.3, -0.25) is 14.1 Å². The van der Waals surface area contributed by atoms with Crippen molar-refractivity contribution in [2.24, 2.45) is 5.92 Å². The highest BCUT2D eigenvalue weighted by Gasteiger charge is 2.23. The summed E-state index contributed by atoms with van der Waals surface area (Å²) in [5, 5.41) is 0. The monoisotopic (exact) mass is 761 g/mol. The van der Waals surface area contributed by atoms with Crippen LogP contribution in [-0.2, 0) is 28.2 Å². The van der Waals surface area contributed by atoms with E-state index >= 15 is 0 Å². The summed E-state index contributed by atoms with van der Waals surface area (Å²) in [5.74, 6) is 0.0151. The number of carbonyl (C=O) groups is 2. The number of ether oxygens (including phenoxy) is 2. The van der Waals surface area contributed by atoms with E-state index in [9.17, 15) is 14.2 Å². The SMILES string of the molecule is CCCCCCCCCCCCCCCCCCC(=O)OC[C@H](COP(=O)(O)O)OC(=O)CCCCCCCCCCCCCCCCC(C)CC. The van der Waals surface area contributed by atoms with E-state index in [1.165, 1.54) is 167 Å². The van der Waals surface area contributed by atoms with Crippen molar-refractivity contribution in [3.63, 3.8) is 0 Å². The smallest absolute Gasteiger partial charge is 0.462 e. The molecule has 0 saturated heterocycles. The molecule has 0 aromatic rings. The highest BCUT2D eigenvalue weighted by molar-refractivity contribution is 7.46. The van der Waals surface area contributed by atoms with Crippen LogP contribution < -0.4 is 0 Å². The van der Waals surface area contributed by atoms with Crippen molar-refractivity contribution in [2.75, 3.05) is 13.2 Å². The lowest BCUT2D eigenvalue weighted by atomic mass is 9.99. The summed E-state index contributed by atoms with van der Waals surface area (Å²) in [4.78, 5) is 42.9. The van der Waals surface area contributed by atoms with Gasteiger partial charge in [-0.2, -0.15) is 0 Å². The lowest BCUT2D eigenvalue weighted by molar-refractivity contribution is -0.161. The molecule has 0 radical (unpaired) electrons. The van der Waals surface area contributed by atoms with Crippen LogP contribution in [-0.4, -0.2) is 41.0 Å². The zero-order valence-electron chi connectivity index (χ0n) is 34.4. The average molecular weight is 761 g/mol. The van der Waals surface area contributed by atoms with Gasteiger partial charge >= 0.3 is 19.8 Å². The summed E-state index contributed by atoms with van der Waals surface area (Å²) >= 11 is 0. The molecule has 0 spiro atoms. The highest BCUT2D eigenvalue weighted by atomic mass is 31.2. The van der Waals surface area contributed by atoms with Gasteiger partial charge in [-0.1, -0.05) is 213 Å². The van der Waals surface area contributed by atoms with Crippen LogP contribution in [0.3, 0.4) is 0 Å². The average Bonchev–Trinajstić information content (AvgIpc) is 3.11. The fourth-order valence-electron chi connectivity index (χ4n) is 6.70. The van der Waals surface area contributed by atoms with Gasteiger partial charge in [0, 0.05) is 12.8 Å². The van der Waals surface area contributed by atoms with E-state index in [0.717, 1.165) is 38.0 Å². The summed E-state index contributed by atoms with van der Waals surface area (Å²) in [6.07, 6.45) is 39.6. The third-order valence-corrected chi connectivity index (χ3v) is 10.9. The molecule has 310 valence electrons. The van der Waals surface area contributed by atoms with E-state index in [2.05, 4.69) is 25.3 Å². The van der Waals surface area contributed by atoms with Crippen LogP contribution in [0.1, 0.15) is 239 Å². The van der Waals surface area contributed by atoms with Gasteiger partial charge < -0.3 is 19.3 Å². The first-order valence-electron chi connectivity index (χ1n) is 22.2. The number of esters is 2. The van der Waals surface area contributed by atoms with Gasteiger partial charge in [0.05, 0.1) is 6.61 Å². The van der Waals surface area contributed by atoms with Crippen LogP contribution in [0.2, 0.25) is 0 Å². The molecular weight excluding hydrogens is 675 g/mol. The number of phosphoric ester groups is 1. The normalized spacial score (nSPS) is 12.9. The fraction of sp³-hybridized carbons (Fsp3) is 0.953. The molecule has 9 heteroatoms. The summed E-state index contributed by atoms with van der Waals surface area (Å²) < 4.78 is 26.4. The number of hydrogen-bond donors (Lipinski definition) is 2. The molecule has 2 atom stereocenters. The number of rotatable bonds is 41. The molecule has 0 aliphatic rings. The van der Waals surface area contributed by atoms with Crippen molar-refractivity contribution in [1.29, 1.82) is 0 Å². The Bertz CT molecular complexity index is 832. The minimum absolute atomic E-state index is 0.219. The molecule has 0 aliphatic carbocycles. The molecule has 1 unspecified atom stereocenters. The maximum Gasteiger partial charge on any atom is 0.469 e. The quantitative estimate of drug-likeness (QED) is 0.0359. The number of carbonyl (C=O) groups excluding carboxylic acids is 2. The van der Waals surface area contributed by atoms with Gasteiger partial charge in [0.25, 0.3) is 0 Å². The molecule has 0 fully saturated rings. The van der Waals surface area contributed by atoms with Crippen molar-refractivity contribution in [2.45, 2.75) is 245 Å². The first kappa shape index (κ1) is 51.0. The second-order valence-corrected chi connectivity index (χ2v) is 16.9. The van der Waals surface area contributed by atoms with E-state index in [-0.39, 0.29) is 19.4 Å². The standard InChI is InChI=1S/C43H85O8P/c1-4-6-7-8-9-10-11-12-13-14-18-21-24-27-30-33-36-42(44)49-38-41(39-50-52(46,47)48)51-43(45)37-34-31-28-25-22-19-16-15-17-20-23-26-29-32-35-40(3)5-2/h40-41H,4-39H2,1-3H3,(H2,46,47,48)/t40?,41-/m1/s1. The van der Waals surface area contributed by atoms with E-state index in [1.807, 2.05) is 0 Å². The Morgan fingerprint density at radius 2 is 0.846 bits per heavy atom. The summed E-state index contributed by atoms with van der Waals surface area (Å²) in [5.41, 5.74) is 0. The molecule has 0 aromatic carbocycles. The highest BCUT2D eigenvalue weighted by Crippen LogP contribution is 2.36. The zero-order chi connectivity index (χ0) is 38.4. The molecule has 0 heterocycles. The van der Waals surface area contributed by atoms with Gasteiger partial charge in [-0.05, 0) is 18.8 Å². The molecule has 0 aromatic heterocycles. The van der Waals surface area contributed by atoms with Crippen LogP contribution in [0.25, 0.3) is 0 Å². The predicted octanol–water partition coefficient (Wildman–Crippen LogP) is 13.5. The van der Waals surface area contributed by atoms with Crippen LogP contribution >= 0.6 is 7.82 Å². The van der Waals surface area contributed by atoms with E-state index < -0.39 is 32.5 Å². The minimum atomic E-state index is -4.75. The topological polar surface area (TPSA) is 119 Å². The van der Waals surface area contributed by atoms with Crippen molar-refractivity contribution >= 4 is 19.8 Å². The maximum absolute atomic E-state index is 12.4. The molecule has 8 nitrogen and oxygen atoms in total. The van der Waals surface area contributed by atoms with Crippen LogP contribution in [0.15, 0.2) is 0 Å². The molecule has 52 heavy (non-hydrogen) atoms. The molecular formula is C43H85O8P. The number of unbranched alkanes of at least 4 members (excludes halogenated alkanes) is 28. The number of phosphoric acid groups is 1. The Hall–Kier alpha value is -0.950. The van der Waals surface area contributed by atoms with Gasteiger partial charge in [-0.15, -0.1) is 0 Å². The lowest BCUT2D eigenvalue weighted by Gasteiger charge is -2.18. The zero-order valence-corrected chi connectivity index (χ0v) is 35.3. The Balaban J connectivity index is 3.84. The summed E-state index contributed by atoms with van der Waals surface area (Å²) in [6.45, 7) is 6.10. The largest absolute Gasteiger partial charge is 0.469 e. The lowest BCUT2D eigenvalue weighted by Crippen LogP contribution is -2.29. The van der Waals surface area contributed by atoms with Gasteiger partial charge in [0.2, 0.25) is 0 Å². The maximum atomic E-state index is 12.4. The van der Waals surface area contributed by atoms with E-state index in [1.54, 1.807) is 0 Å². The molecule has 0 bridgehead atoms. The van der Waals surface area contributed by atoms with Crippen molar-refractivity contribution in [1.82, 2.24) is 0 Å². The molecule has 0 amide bonds. The molecule has 2 N–H and O–H groups in total. The first-order chi connectivity index (χ1) is 25.2. The van der Waals surface area contributed by atoms with Crippen LogP contribution in [0.5, 0.6) is 0 Å². The fourth-order valence-corrected chi connectivity index (χ4v) is 7.06. The first-order valence-corrected chi connectivity index (χ1v) is 23.8. The van der Waals surface area contributed by atoms with Gasteiger partial charge in [-0.25, -0.2) is 4.57 Å². The van der Waals surface area contributed by atoms with Crippen molar-refractivity contribution in [3.05, 3.63) is 0 Å². The summed E-state index contributed by atoms with van der Waals surface area (Å²) in [7, 11) is -4.75. The van der Waals surface area contributed by atoms with Crippen molar-refractivity contribution < 1.29 is 37.9 Å². The Morgan fingerprint density at radius 3 is 1.21 bits per heavy atom. The molecule has 0 aliphatic heterocycles. The number of hydrogen-bond acceptors (Lipinski definition) is 6. The second-order valence-electron chi connectivity index (χ2n) is 15.6. The van der Waals surface area contributed by atoms with Crippen LogP contribution in [0, 0.1) is 5.92 Å². The Labute approximate surface area is 321 Å². The molecule has 0 rings (SSSR count). The Kier molecular flexibility index (Phi) is 37.6. The van der Waals surface area contributed by atoms with E-state index in [0.29, 0.717) is 6.42 Å². The van der Waals surface area contributed by atoms with E-state index in [4.69, 9.17) is 19.3 Å². The van der Waals surface area contributed by atoms with Crippen molar-refractivity contribution in [3.8, 4) is 0 Å².